The Kier molecular flexibility index (Phi) is 7.65. The molecule has 1 fully saturated rings. The fourth-order valence-corrected chi connectivity index (χ4v) is 3.78. The van der Waals surface area contributed by atoms with E-state index in [1.54, 1.807) is 20.8 Å². The zero-order valence-corrected chi connectivity index (χ0v) is 19.1. The predicted octanol–water partition coefficient (Wildman–Crippen LogP) is 3.12. The Bertz CT molecular complexity index is 1140. The average Bonchev–Trinajstić information content (AvgIpc) is 3.17. The summed E-state index contributed by atoms with van der Waals surface area (Å²) in [5.74, 6) is -5.65. The van der Waals surface area contributed by atoms with Gasteiger partial charge in [-0.3, -0.25) is 9.59 Å². The number of aromatic nitrogens is 1. The number of amides is 1. The van der Waals surface area contributed by atoms with E-state index in [1.807, 2.05) is 0 Å². The van der Waals surface area contributed by atoms with Gasteiger partial charge in [0.25, 0.3) is 5.91 Å². The number of halogens is 3. The molecule has 1 aliphatic heterocycles. The normalized spacial score (nSPS) is 17.6. The van der Waals surface area contributed by atoms with Gasteiger partial charge < -0.3 is 24.1 Å². The summed E-state index contributed by atoms with van der Waals surface area (Å²) in [6.45, 7) is 4.81. The first-order chi connectivity index (χ1) is 16.0. The van der Waals surface area contributed by atoms with Crippen LogP contribution in [0.3, 0.4) is 0 Å². The number of esters is 1. The molecule has 1 amide bonds. The van der Waals surface area contributed by atoms with Gasteiger partial charge in [-0.1, -0.05) is 0 Å². The van der Waals surface area contributed by atoms with Crippen molar-refractivity contribution in [1.29, 1.82) is 0 Å². The van der Waals surface area contributed by atoms with E-state index in [9.17, 15) is 27.6 Å². The number of nitrogens with one attached hydrogen (secondary N) is 1. The van der Waals surface area contributed by atoms with Crippen molar-refractivity contribution in [2.24, 2.45) is 0 Å². The molecule has 0 spiro atoms. The van der Waals surface area contributed by atoms with Crippen LogP contribution in [0, 0.1) is 17.5 Å². The summed E-state index contributed by atoms with van der Waals surface area (Å²) >= 11 is 0. The van der Waals surface area contributed by atoms with Crippen LogP contribution in [0.5, 0.6) is 5.75 Å². The van der Waals surface area contributed by atoms with E-state index >= 15 is 0 Å². The molecular formula is C23H25F3N2O6. The Hall–Kier alpha value is -3.34. The van der Waals surface area contributed by atoms with Crippen molar-refractivity contribution in [3.05, 3.63) is 62.8 Å². The van der Waals surface area contributed by atoms with E-state index in [2.05, 4.69) is 5.32 Å². The number of benzene rings is 1. The molecule has 2 heterocycles. The zero-order chi connectivity index (χ0) is 25.2. The maximum atomic E-state index is 13.9. The molecule has 3 rings (SSSR count). The minimum absolute atomic E-state index is 0.171. The third kappa shape index (κ3) is 5.09. The molecule has 0 aliphatic carbocycles. The molecule has 0 radical (unpaired) electrons. The van der Waals surface area contributed by atoms with Crippen molar-refractivity contribution < 1.29 is 37.0 Å². The molecule has 2 aromatic rings. The van der Waals surface area contributed by atoms with E-state index in [0.29, 0.717) is 25.2 Å². The minimum atomic E-state index is -1.18. The molecule has 8 nitrogen and oxygen atoms in total. The summed E-state index contributed by atoms with van der Waals surface area (Å²) in [5, 5.41) is 2.26. The lowest BCUT2D eigenvalue weighted by molar-refractivity contribution is 0.0351. The van der Waals surface area contributed by atoms with Crippen LogP contribution in [0.15, 0.2) is 23.1 Å². The molecule has 1 unspecified atom stereocenters. The zero-order valence-electron chi connectivity index (χ0n) is 19.1. The van der Waals surface area contributed by atoms with Crippen molar-refractivity contribution >= 4 is 11.9 Å². The SMILES string of the molecule is COc1c(C(=O)OC(C)C)n([C@@H]2CCOC2C)cc(C(=O)NCc2c(F)cc(F)cc2F)c1=O. The van der Waals surface area contributed by atoms with E-state index in [-0.39, 0.29) is 11.8 Å². The van der Waals surface area contributed by atoms with Crippen LogP contribution in [0.4, 0.5) is 13.2 Å². The maximum absolute atomic E-state index is 13.9. The van der Waals surface area contributed by atoms with Gasteiger partial charge >= 0.3 is 5.97 Å². The third-order valence-corrected chi connectivity index (χ3v) is 5.40. The number of nitrogens with zero attached hydrogens (tertiary/aromatic N) is 1. The van der Waals surface area contributed by atoms with Crippen LogP contribution in [-0.2, 0) is 16.0 Å². The average molecular weight is 482 g/mol. The first-order valence-corrected chi connectivity index (χ1v) is 10.6. The first kappa shape index (κ1) is 25.3. The molecule has 1 aliphatic rings. The third-order valence-electron chi connectivity index (χ3n) is 5.40. The van der Waals surface area contributed by atoms with Crippen LogP contribution in [0.25, 0.3) is 0 Å². The van der Waals surface area contributed by atoms with Crippen LogP contribution < -0.4 is 15.5 Å². The van der Waals surface area contributed by atoms with E-state index in [1.165, 1.54) is 17.9 Å². The van der Waals surface area contributed by atoms with E-state index < -0.39 is 70.3 Å². The van der Waals surface area contributed by atoms with Gasteiger partial charge in [-0.15, -0.1) is 0 Å². The lowest BCUT2D eigenvalue weighted by Gasteiger charge is -2.24. The highest BCUT2D eigenvalue weighted by Gasteiger charge is 2.34. The summed E-state index contributed by atoms with van der Waals surface area (Å²) in [6, 6.07) is 0.553. The molecule has 0 saturated carbocycles. The van der Waals surface area contributed by atoms with Gasteiger partial charge in [-0.2, -0.15) is 0 Å². The fourth-order valence-electron chi connectivity index (χ4n) is 3.78. The van der Waals surface area contributed by atoms with Gasteiger partial charge in [0.15, 0.2) is 11.4 Å². The molecule has 184 valence electrons. The predicted molar refractivity (Wildman–Crippen MR) is 114 cm³/mol. The monoisotopic (exact) mass is 482 g/mol. The van der Waals surface area contributed by atoms with Gasteiger partial charge in [0, 0.05) is 37.0 Å². The molecule has 1 N–H and O–H groups in total. The smallest absolute Gasteiger partial charge is 0.359 e. The Balaban J connectivity index is 2.05. The Morgan fingerprint density at radius 3 is 2.41 bits per heavy atom. The van der Waals surface area contributed by atoms with Gasteiger partial charge in [-0.25, -0.2) is 18.0 Å². The summed E-state index contributed by atoms with van der Waals surface area (Å²) in [7, 11) is 1.17. The van der Waals surface area contributed by atoms with Crippen molar-refractivity contribution in [3.8, 4) is 5.75 Å². The van der Waals surface area contributed by atoms with Gasteiger partial charge in [0.05, 0.1) is 25.4 Å². The second-order valence-corrected chi connectivity index (χ2v) is 8.08. The van der Waals surface area contributed by atoms with Crippen molar-refractivity contribution in [1.82, 2.24) is 9.88 Å². The van der Waals surface area contributed by atoms with Gasteiger partial charge in [0.2, 0.25) is 5.43 Å². The lowest BCUT2D eigenvalue weighted by atomic mass is 10.1. The van der Waals surface area contributed by atoms with Crippen LogP contribution in [-0.4, -0.2) is 42.4 Å². The maximum Gasteiger partial charge on any atom is 0.359 e. The van der Waals surface area contributed by atoms with Crippen molar-refractivity contribution in [3.63, 3.8) is 0 Å². The quantitative estimate of drug-likeness (QED) is 0.610. The van der Waals surface area contributed by atoms with Gasteiger partial charge in [0.1, 0.15) is 23.0 Å². The van der Waals surface area contributed by atoms with Crippen molar-refractivity contribution in [2.45, 2.75) is 52.0 Å². The number of ether oxygens (including phenoxy) is 3. The molecule has 1 saturated heterocycles. The summed E-state index contributed by atoms with van der Waals surface area (Å²) in [5.41, 5.74) is -2.06. The highest BCUT2D eigenvalue weighted by molar-refractivity contribution is 5.97. The molecule has 11 heteroatoms. The van der Waals surface area contributed by atoms with E-state index in [4.69, 9.17) is 14.2 Å². The number of carbonyl (C=O) groups is 2. The Morgan fingerprint density at radius 2 is 1.88 bits per heavy atom. The molecule has 34 heavy (non-hydrogen) atoms. The number of carbonyl (C=O) groups excluding carboxylic acids is 2. The summed E-state index contributed by atoms with van der Waals surface area (Å²) < 4.78 is 58.5. The second-order valence-electron chi connectivity index (χ2n) is 8.08. The Morgan fingerprint density at radius 1 is 1.24 bits per heavy atom. The van der Waals surface area contributed by atoms with Crippen LogP contribution in [0.1, 0.15) is 59.6 Å². The second kappa shape index (κ2) is 10.3. The summed E-state index contributed by atoms with van der Waals surface area (Å²) in [4.78, 5) is 38.8. The Labute approximate surface area is 193 Å². The summed E-state index contributed by atoms with van der Waals surface area (Å²) in [6.07, 6.45) is 0.838. The number of pyridine rings is 1. The molecule has 1 aromatic carbocycles. The highest BCUT2D eigenvalue weighted by atomic mass is 19.1. The number of hydrogen-bond acceptors (Lipinski definition) is 6. The first-order valence-electron chi connectivity index (χ1n) is 10.6. The largest absolute Gasteiger partial charge is 0.491 e. The van der Waals surface area contributed by atoms with Gasteiger partial charge in [-0.05, 0) is 27.2 Å². The standard InChI is InChI=1S/C23H25F3N2O6/c1-11(2)34-23(31)19-21(32-4)20(29)15(10-28(19)18-5-6-33-12(18)3)22(30)27-9-14-16(25)7-13(24)8-17(14)26/h7-8,10-12,18H,5-6,9H2,1-4H3,(H,27,30)/t12?,18-/m1/s1. The van der Waals surface area contributed by atoms with E-state index in [0.717, 1.165) is 0 Å². The molecule has 0 bridgehead atoms. The fraction of sp³-hybridized carbons (Fsp3) is 0.435. The van der Waals surface area contributed by atoms with Crippen molar-refractivity contribution in [2.75, 3.05) is 13.7 Å². The lowest BCUT2D eigenvalue weighted by Crippen LogP contribution is -2.34. The number of rotatable bonds is 7. The van der Waals surface area contributed by atoms with Crippen LogP contribution >= 0.6 is 0 Å². The number of hydrogen-bond donors (Lipinski definition) is 1. The number of methoxy groups -OCH3 is 1. The molecule has 1 aromatic heterocycles. The highest BCUT2D eigenvalue weighted by Crippen LogP contribution is 2.30. The van der Waals surface area contributed by atoms with Crippen LogP contribution in [0.2, 0.25) is 0 Å². The topological polar surface area (TPSA) is 95.9 Å². The molecule has 2 atom stereocenters. The minimum Gasteiger partial charge on any atom is -0.491 e. The molecular weight excluding hydrogens is 457 g/mol.